The Hall–Kier alpha value is -5.45. The van der Waals surface area contributed by atoms with E-state index in [4.69, 9.17) is 5.73 Å². The molecule has 0 aliphatic carbocycles. The number of Topliss-reactive ketones (excluding diaryl/α,β-unsaturated/α-hetero) is 1. The average molecular weight is 585 g/mol. The van der Waals surface area contributed by atoms with Crippen LogP contribution < -0.4 is 11.1 Å². The molecule has 3 amide bonds. The van der Waals surface area contributed by atoms with E-state index in [2.05, 4.69) is 5.32 Å². The Labute approximate surface area is 245 Å². The van der Waals surface area contributed by atoms with Gasteiger partial charge in [0.1, 0.15) is 17.7 Å². The first kappa shape index (κ1) is 29.1. The van der Waals surface area contributed by atoms with Crippen molar-refractivity contribution in [3.63, 3.8) is 0 Å². The molecule has 1 heterocycles. The van der Waals surface area contributed by atoms with Gasteiger partial charge in [0.05, 0.1) is 16.9 Å². The molecule has 43 heavy (non-hydrogen) atoms. The van der Waals surface area contributed by atoms with E-state index in [1.54, 1.807) is 31.2 Å². The van der Waals surface area contributed by atoms with E-state index in [0.29, 0.717) is 5.56 Å². The van der Waals surface area contributed by atoms with Crippen LogP contribution in [-0.2, 0) is 4.79 Å². The largest absolute Gasteiger partial charge is 0.368 e. The molecule has 0 radical (unpaired) electrons. The highest BCUT2D eigenvalue weighted by Crippen LogP contribution is 2.51. The fraction of sp³-hybridized carbons (Fsp3) is 0.156. The third-order valence-electron chi connectivity index (χ3n) is 7.57. The molecule has 9 nitrogen and oxygen atoms in total. The lowest BCUT2D eigenvalue weighted by molar-refractivity contribution is -0.385. The van der Waals surface area contributed by atoms with Gasteiger partial charge in [-0.05, 0) is 60.5 Å². The Morgan fingerprint density at radius 3 is 2.09 bits per heavy atom. The Bertz CT molecular complexity index is 1710. The summed E-state index contributed by atoms with van der Waals surface area (Å²) in [6.45, 7) is 1.80. The average Bonchev–Trinajstić information content (AvgIpc) is 3.35. The standard InChI is InChI=1S/C32H26F2N4O5/c1-18-4-2-6-21(16-18)30(39)27-26(19-8-10-22(33)11-9-19)29(31(35)40)37(32(41)36-24-14-12-23(34)13-15-24)28(27)20-5-3-7-25(17-20)38(42)43/h2-17,26-29H,1H3,(H2,35,40)(H,36,41). The van der Waals surface area contributed by atoms with Crippen molar-refractivity contribution >= 4 is 29.1 Å². The quantitative estimate of drug-likeness (QED) is 0.158. The fourth-order valence-electron chi connectivity index (χ4n) is 5.76. The van der Waals surface area contributed by atoms with Crippen LogP contribution in [0.2, 0.25) is 0 Å². The van der Waals surface area contributed by atoms with Crippen molar-refractivity contribution in [1.29, 1.82) is 0 Å². The van der Waals surface area contributed by atoms with Crippen LogP contribution in [-0.4, -0.2) is 33.6 Å². The van der Waals surface area contributed by atoms with Crippen molar-refractivity contribution in [2.75, 3.05) is 5.32 Å². The van der Waals surface area contributed by atoms with E-state index in [9.17, 15) is 33.3 Å². The second-order valence-corrected chi connectivity index (χ2v) is 10.3. The minimum absolute atomic E-state index is 0.194. The van der Waals surface area contributed by atoms with Crippen LogP contribution in [0, 0.1) is 34.6 Å². The maximum atomic E-state index is 14.4. The third-order valence-corrected chi connectivity index (χ3v) is 7.57. The Kier molecular flexibility index (Phi) is 7.98. The van der Waals surface area contributed by atoms with Gasteiger partial charge < -0.3 is 16.0 Å². The Morgan fingerprint density at radius 1 is 0.860 bits per heavy atom. The number of ketones is 1. The van der Waals surface area contributed by atoms with E-state index >= 15 is 0 Å². The Balaban J connectivity index is 1.75. The molecule has 0 saturated carbocycles. The number of halogens is 2. The second-order valence-electron chi connectivity index (χ2n) is 10.3. The maximum Gasteiger partial charge on any atom is 0.323 e. The third kappa shape index (κ3) is 5.82. The number of nitro benzene ring substituents is 1. The number of nitrogens with zero attached hydrogens (tertiary/aromatic N) is 2. The lowest BCUT2D eigenvalue weighted by atomic mass is 9.76. The molecule has 11 heteroatoms. The van der Waals surface area contributed by atoms with Gasteiger partial charge in [0.15, 0.2) is 5.78 Å². The molecule has 1 saturated heterocycles. The van der Waals surface area contributed by atoms with Crippen molar-refractivity contribution in [1.82, 2.24) is 4.90 Å². The van der Waals surface area contributed by atoms with Crippen LogP contribution in [0.4, 0.5) is 25.0 Å². The number of primary amides is 1. The van der Waals surface area contributed by atoms with E-state index in [1.807, 2.05) is 0 Å². The number of anilines is 1. The fourth-order valence-corrected chi connectivity index (χ4v) is 5.76. The molecule has 218 valence electrons. The minimum Gasteiger partial charge on any atom is -0.368 e. The van der Waals surface area contributed by atoms with Crippen molar-refractivity contribution in [3.05, 3.63) is 141 Å². The number of aryl methyl sites for hydroxylation is 1. The molecule has 4 aromatic rings. The van der Waals surface area contributed by atoms with Crippen LogP contribution in [0.3, 0.4) is 0 Å². The van der Waals surface area contributed by atoms with E-state index in [-0.39, 0.29) is 22.5 Å². The highest BCUT2D eigenvalue weighted by atomic mass is 19.1. The zero-order valence-corrected chi connectivity index (χ0v) is 22.8. The SMILES string of the molecule is Cc1cccc(C(=O)C2C(c3ccc(F)cc3)C(C(N)=O)N(C(=O)Nc3ccc(F)cc3)C2c2cccc([N+](=O)[O-])c2)c1. The molecular formula is C32H26F2N4O5. The number of likely N-dealkylation sites (tertiary alicyclic amines) is 1. The van der Waals surface area contributed by atoms with Gasteiger partial charge in [-0.2, -0.15) is 0 Å². The van der Waals surface area contributed by atoms with Gasteiger partial charge >= 0.3 is 6.03 Å². The van der Waals surface area contributed by atoms with Gasteiger partial charge in [0.2, 0.25) is 5.91 Å². The van der Waals surface area contributed by atoms with Gasteiger partial charge in [-0.15, -0.1) is 0 Å². The lowest BCUT2D eigenvalue weighted by Gasteiger charge is -2.31. The van der Waals surface area contributed by atoms with Crippen LogP contribution >= 0.6 is 0 Å². The molecule has 4 atom stereocenters. The van der Waals surface area contributed by atoms with Gasteiger partial charge in [-0.3, -0.25) is 19.7 Å². The number of amides is 3. The number of non-ortho nitro benzene ring substituents is 1. The molecule has 0 bridgehead atoms. The highest BCUT2D eigenvalue weighted by molar-refractivity contribution is 6.03. The number of nitrogens with two attached hydrogens (primary N) is 1. The smallest absolute Gasteiger partial charge is 0.323 e. The molecule has 1 aliphatic heterocycles. The lowest BCUT2D eigenvalue weighted by Crippen LogP contribution is -2.48. The van der Waals surface area contributed by atoms with Crippen LogP contribution in [0.25, 0.3) is 0 Å². The minimum atomic E-state index is -1.44. The first-order chi connectivity index (χ1) is 20.5. The zero-order valence-electron chi connectivity index (χ0n) is 22.8. The van der Waals surface area contributed by atoms with Gasteiger partial charge in [0, 0.05) is 29.3 Å². The predicted octanol–water partition coefficient (Wildman–Crippen LogP) is 5.91. The summed E-state index contributed by atoms with van der Waals surface area (Å²) in [5.41, 5.74) is 7.49. The first-order valence-electron chi connectivity index (χ1n) is 13.3. The summed E-state index contributed by atoms with van der Waals surface area (Å²) in [6.07, 6.45) is 0. The van der Waals surface area contributed by atoms with E-state index in [0.717, 1.165) is 22.6 Å². The van der Waals surface area contributed by atoms with E-state index < -0.39 is 58.2 Å². The summed E-state index contributed by atoms with van der Waals surface area (Å²) in [5.74, 6) is -4.72. The molecule has 3 N–H and O–H groups in total. The van der Waals surface area contributed by atoms with Gasteiger partial charge in [0.25, 0.3) is 5.69 Å². The van der Waals surface area contributed by atoms with Crippen molar-refractivity contribution < 1.29 is 28.1 Å². The normalized spacial score (nSPS) is 19.6. The molecule has 0 spiro atoms. The number of urea groups is 1. The van der Waals surface area contributed by atoms with Crippen molar-refractivity contribution in [3.8, 4) is 0 Å². The summed E-state index contributed by atoms with van der Waals surface area (Å²) in [5, 5.41) is 14.4. The molecule has 1 aliphatic rings. The molecular weight excluding hydrogens is 558 g/mol. The molecule has 0 aromatic heterocycles. The Morgan fingerprint density at radius 2 is 1.49 bits per heavy atom. The van der Waals surface area contributed by atoms with Crippen molar-refractivity contribution in [2.45, 2.75) is 24.9 Å². The summed E-state index contributed by atoms with van der Waals surface area (Å²) >= 11 is 0. The number of rotatable bonds is 7. The number of carbonyl (C=O) groups is 3. The van der Waals surface area contributed by atoms with Gasteiger partial charge in [-0.25, -0.2) is 13.6 Å². The molecule has 5 rings (SSSR count). The summed E-state index contributed by atoms with van der Waals surface area (Å²) in [6, 6.07) is 18.8. The monoisotopic (exact) mass is 584 g/mol. The van der Waals surface area contributed by atoms with Crippen LogP contribution in [0.5, 0.6) is 0 Å². The maximum absolute atomic E-state index is 14.4. The number of nitro groups is 1. The second kappa shape index (κ2) is 11.8. The molecule has 4 aromatic carbocycles. The van der Waals surface area contributed by atoms with Crippen molar-refractivity contribution in [2.24, 2.45) is 11.7 Å². The summed E-state index contributed by atoms with van der Waals surface area (Å²) < 4.78 is 27.6. The number of benzene rings is 4. The van der Waals surface area contributed by atoms with E-state index in [1.165, 1.54) is 60.7 Å². The molecule has 4 unspecified atom stereocenters. The molecule has 1 fully saturated rings. The highest BCUT2D eigenvalue weighted by Gasteiger charge is 2.57. The number of hydrogen-bond donors (Lipinski definition) is 2. The summed E-state index contributed by atoms with van der Waals surface area (Å²) in [7, 11) is 0. The zero-order chi connectivity index (χ0) is 30.8. The van der Waals surface area contributed by atoms with Gasteiger partial charge in [-0.1, -0.05) is 48.0 Å². The number of carbonyl (C=O) groups excluding carboxylic acids is 3. The predicted molar refractivity (Wildman–Crippen MR) is 154 cm³/mol. The number of hydrogen-bond acceptors (Lipinski definition) is 5. The van der Waals surface area contributed by atoms with Crippen LogP contribution in [0.15, 0.2) is 97.1 Å². The first-order valence-corrected chi connectivity index (χ1v) is 13.3. The van der Waals surface area contributed by atoms with Crippen LogP contribution in [0.1, 0.15) is 39.0 Å². The summed E-state index contributed by atoms with van der Waals surface area (Å²) in [4.78, 5) is 53.9. The topological polar surface area (TPSA) is 136 Å². The number of nitrogens with one attached hydrogen (secondary N) is 1.